The number of nitrogens with one attached hydrogen (secondary N) is 2. The maximum Gasteiger partial charge on any atom is 0.264 e. The first-order chi connectivity index (χ1) is 15.1. The summed E-state index contributed by atoms with van der Waals surface area (Å²) in [5.41, 5.74) is 1.30. The molecule has 0 bridgehead atoms. The van der Waals surface area contributed by atoms with Gasteiger partial charge < -0.3 is 20.5 Å². The smallest absolute Gasteiger partial charge is 0.264 e. The van der Waals surface area contributed by atoms with Gasteiger partial charge in [-0.3, -0.25) is 9.59 Å². The van der Waals surface area contributed by atoms with E-state index in [9.17, 15) is 14.7 Å². The Balaban J connectivity index is 1.43. The number of aliphatic hydroxyl groups is 1. The molecule has 0 saturated heterocycles. The largest absolute Gasteiger partial charge is 0.509 e. The van der Waals surface area contributed by atoms with Crippen LogP contribution in [-0.2, 0) is 16.0 Å². The molecular weight excluding hydrogens is 392 g/mol. The molecule has 3 aromatic carbocycles. The van der Waals surface area contributed by atoms with Gasteiger partial charge in [0.25, 0.3) is 11.8 Å². The second-order valence-electron chi connectivity index (χ2n) is 7.21. The number of hydrogen-bond donors (Lipinski definition) is 3. The summed E-state index contributed by atoms with van der Waals surface area (Å²) in [7, 11) is 0. The zero-order chi connectivity index (χ0) is 21.6. The highest BCUT2D eigenvalue weighted by atomic mass is 16.5. The fourth-order valence-electron chi connectivity index (χ4n) is 3.43. The van der Waals surface area contributed by atoms with Gasteiger partial charge in [0, 0.05) is 11.8 Å². The maximum absolute atomic E-state index is 12.7. The van der Waals surface area contributed by atoms with Gasteiger partial charge in [-0.15, -0.1) is 0 Å². The number of rotatable bonds is 7. The van der Waals surface area contributed by atoms with Crippen molar-refractivity contribution in [3.05, 3.63) is 102 Å². The van der Waals surface area contributed by atoms with E-state index in [0.29, 0.717) is 30.0 Å². The Morgan fingerprint density at radius 2 is 1.61 bits per heavy atom. The molecule has 1 atom stereocenters. The number of anilines is 1. The van der Waals surface area contributed by atoms with Crippen LogP contribution in [0.5, 0.6) is 11.5 Å². The van der Waals surface area contributed by atoms with Gasteiger partial charge in [-0.2, -0.15) is 0 Å². The lowest BCUT2D eigenvalue weighted by molar-refractivity contribution is -0.120. The summed E-state index contributed by atoms with van der Waals surface area (Å²) >= 11 is 0. The Morgan fingerprint density at radius 3 is 2.35 bits per heavy atom. The van der Waals surface area contributed by atoms with Gasteiger partial charge in [0.1, 0.15) is 22.8 Å². The molecule has 31 heavy (non-hydrogen) atoms. The van der Waals surface area contributed by atoms with Crippen LogP contribution in [0.25, 0.3) is 0 Å². The van der Waals surface area contributed by atoms with E-state index >= 15 is 0 Å². The van der Waals surface area contributed by atoms with E-state index in [0.717, 1.165) is 5.56 Å². The van der Waals surface area contributed by atoms with E-state index in [1.54, 1.807) is 24.3 Å². The zero-order valence-corrected chi connectivity index (χ0v) is 16.7. The zero-order valence-electron chi connectivity index (χ0n) is 16.7. The number of carbonyl (C=O) groups excluding carboxylic acids is 2. The topological polar surface area (TPSA) is 87.7 Å². The van der Waals surface area contributed by atoms with Crippen LogP contribution in [0.15, 0.2) is 96.3 Å². The summed E-state index contributed by atoms with van der Waals surface area (Å²) in [6, 6.07) is 25.3. The maximum atomic E-state index is 12.7. The average Bonchev–Trinajstić information content (AvgIpc) is 3.07. The van der Waals surface area contributed by atoms with Crippen LogP contribution in [0.3, 0.4) is 0 Å². The summed E-state index contributed by atoms with van der Waals surface area (Å²) in [5, 5.41) is 15.9. The number of aryl methyl sites for hydroxylation is 1. The lowest BCUT2D eigenvalue weighted by Gasteiger charge is -2.10. The Morgan fingerprint density at radius 1 is 0.935 bits per heavy atom. The summed E-state index contributed by atoms with van der Waals surface area (Å²) < 4.78 is 5.77. The third kappa shape index (κ3) is 4.93. The van der Waals surface area contributed by atoms with Crippen LogP contribution in [0.2, 0.25) is 0 Å². The van der Waals surface area contributed by atoms with Gasteiger partial charge in [0.2, 0.25) is 0 Å². The van der Waals surface area contributed by atoms with Crippen LogP contribution in [0.1, 0.15) is 12.0 Å². The van der Waals surface area contributed by atoms with E-state index in [2.05, 4.69) is 10.6 Å². The van der Waals surface area contributed by atoms with Crippen molar-refractivity contribution in [1.29, 1.82) is 0 Å². The van der Waals surface area contributed by atoms with Crippen molar-refractivity contribution >= 4 is 17.5 Å². The minimum Gasteiger partial charge on any atom is -0.509 e. The lowest BCUT2D eigenvalue weighted by atomic mass is 10.0. The van der Waals surface area contributed by atoms with Crippen molar-refractivity contribution in [2.24, 2.45) is 0 Å². The van der Waals surface area contributed by atoms with Crippen LogP contribution >= 0.6 is 0 Å². The van der Waals surface area contributed by atoms with Gasteiger partial charge in [0.15, 0.2) is 0 Å². The summed E-state index contributed by atoms with van der Waals surface area (Å²) in [6.45, 7) is 0. The Labute approximate surface area is 180 Å². The normalized spacial score (nSPS) is 15.5. The summed E-state index contributed by atoms with van der Waals surface area (Å²) in [4.78, 5) is 25.0. The predicted molar refractivity (Wildman–Crippen MR) is 118 cm³/mol. The van der Waals surface area contributed by atoms with Crippen molar-refractivity contribution in [3.8, 4) is 11.5 Å². The van der Waals surface area contributed by atoms with E-state index in [4.69, 9.17) is 4.74 Å². The number of para-hydroxylation sites is 1. The standard InChI is InChI=1S/C25H22N2O4/c28-23-21(15-14-17-8-3-1-4-9-17)27-25(30)22(23)24(29)26-18-10-7-13-20(16-18)31-19-11-5-2-6-12-19/h1-13,16,21,28H,14-15H2,(H,26,29)(H,27,30). The van der Waals surface area contributed by atoms with E-state index in [-0.39, 0.29) is 11.3 Å². The summed E-state index contributed by atoms with van der Waals surface area (Å²) in [6.07, 6.45) is 1.17. The molecule has 0 aliphatic carbocycles. The molecule has 0 fully saturated rings. The quantitative estimate of drug-likeness (QED) is 0.501. The first-order valence-electron chi connectivity index (χ1n) is 10.0. The van der Waals surface area contributed by atoms with Gasteiger partial charge in [-0.25, -0.2) is 0 Å². The number of aliphatic hydroxyl groups excluding tert-OH is 1. The molecule has 0 saturated carbocycles. The second-order valence-corrected chi connectivity index (χ2v) is 7.21. The van der Waals surface area contributed by atoms with Crippen molar-refractivity contribution in [3.63, 3.8) is 0 Å². The highest BCUT2D eigenvalue weighted by Crippen LogP contribution is 2.25. The molecule has 3 N–H and O–H groups in total. The van der Waals surface area contributed by atoms with Crippen molar-refractivity contribution in [2.75, 3.05) is 5.32 Å². The number of amides is 2. The molecule has 4 rings (SSSR count). The molecule has 6 nitrogen and oxygen atoms in total. The minimum absolute atomic E-state index is 0.227. The fraction of sp³-hybridized carbons (Fsp3) is 0.120. The number of carbonyl (C=O) groups is 2. The average molecular weight is 414 g/mol. The third-order valence-electron chi connectivity index (χ3n) is 4.98. The van der Waals surface area contributed by atoms with Crippen LogP contribution < -0.4 is 15.4 Å². The molecule has 156 valence electrons. The molecule has 0 radical (unpaired) electrons. The molecule has 0 spiro atoms. The van der Waals surface area contributed by atoms with Crippen LogP contribution in [0, 0.1) is 0 Å². The van der Waals surface area contributed by atoms with Crippen LogP contribution in [-0.4, -0.2) is 23.0 Å². The Kier molecular flexibility index (Phi) is 5.98. The monoisotopic (exact) mass is 414 g/mol. The fourth-order valence-corrected chi connectivity index (χ4v) is 3.43. The predicted octanol–water partition coefficient (Wildman–Crippen LogP) is 4.36. The van der Waals surface area contributed by atoms with Gasteiger partial charge in [0.05, 0.1) is 6.04 Å². The number of benzene rings is 3. The van der Waals surface area contributed by atoms with E-state index in [1.165, 1.54) is 0 Å². The highest BCUT2D eigenvalue weighted by Gasteiger charge is 2.35. The van der Waals surface area contributed by atoms with Gasteiger partial charge >= 0.3 is 0 Å². The van der Waals surface area contributed by atoms with Gasteiger partial charge in [-0.1, -0.05) is 54.6 Å². The molecule has 1 unspecified atom stereocenters. The van der Waals surface area contributed by atoms with E-state index in [1.807, 2.05) is 60.7 Å². The molecule has 1 aliphatic heterocycles. The SMILES string of the molecule is O=C(Nc1cccc(Oc2ccccc2)c1)C1=C(O)C(CCc2ccccc2)NC1=O. The molecular formula is C25H22N2O4. The first-order valence-corrected chi connectivity index (χ1v) is 10.0. The number of hydrogen-bond acceptors (Lipinski definition) is 4. The van der Waals surface area contributed by atoms with Gasteiger partial charge in [-0.05, 0) is 42.7 Å². The Hall–Kier alpha value is -4.06. The Bertz CT molecular complexity index is 1110. The van der Waals surface area contributed by atoms with Crippen molar-refractivity contribution in [2.45, 2.75) is 18.9 Å². The molecule has 1 aliphatic rings. The minimum atomic E-state index is -0.658. The lowest BCUT2D eigenvalue weighted by Crippen LogP contribution is -2.30. The highest BCUT2D eigenvalue weighted by molar-refractivity contribution is 6.24. The molecule has 6 heteroatoms. The van der Waals surface area contributed by atoms with E-state index < -0.39 is 17.9 Å². The summed E-state index contributed by atoms with van der Waals surface area (Å²) in [5.74, 6) is -0.254. The molecule has 1 heterocycles. The second kappa shape index (κ2) is 9.17. The number of ether oxygens (including phenoxy) is 1. The molecule has 2 amide bonds. The van der Waals surface area contributed by atoms with Crippen molar-refractivity contribution < 1.29 is 19.4 Å². The van der Waals surface area contributed by atoms with Crippen molar-refractivity contribution in [1.82, 2.24) is 5.32 Å². The molecule has 3 aromatic rings. The van der Waals surface area contributed by atoms with Crippen LogP contribution in [0.4, 0.5) is 5.69 Å². The third-order valence-corrected chi connectivity index (χ3v) is 4.98. The first kappa shape index (κ1) is 20.2. The molecule has 0 aromatic heterocycles.